The summed E-state index contributed by atoms with van der Waals surface area (Å²) < 4.78 is 5.63. The number of rotatable bonds is 3. The van der Waals surface area contributed by atoms with Gasteiger partial charge < -0.3 is 10.5 Å². The lowest BCUT2D eigenvalue weighted by molar-refractivity contribution is 0.0670. The molecule has 0 bridgehead atoms. The highest BCUT2D eigenvalue weighted by Crippen LogP contribution is 2.18. The molecule has 0 radical (unpaired) electrons. The van der Waals surface area contributed by atoms with Gasteiger partial charge in [-0.3, -0.25) is 4.90 Å². The summed E-state index contributed by atoms with van der Waals surface area (Å²) in [6, 6.07) is 4.33. The molecule has 2 unspecified atom stereocenters. The summed E-state index contributed by atoms with van der Waals surface area (Å²) in [5, 5.41) is 2.09. The lowest BCUT2D eigenvalue weighted by Crippen LogP contribution is -2.36. The van der Waals surface area contributed by atoms with Gasteiger partial charge in [-0.25, -0.2) is 0 Å². The molecule has 16 heavy (non-hydrogen) atoms. The summed E-state index contributed by atoms with van der Waals surface area (Å²) in [6.07, 6.45) is 1.44. The van der Waals surface area contributed by atoms with E-state index in [1.54, 1.807) is 11.3 Å². The number of nitrogens with two attached hydrogens (primary N) is 1. The second-order valence-electron chi connectivity index (χ2n) is 4.42. The van der Waals surface area contributed by atoms with Crippen LogP contribution < -0.4 is 5.73 Å². The van der Waals surface area contributed by atoms with Gasteiger partial charge in [0.25, 0.3) is 0 Å². The molecule has 0 amide bonds. The van der Waals surface area contributed by atoms with Crippen LogP contribution >= 0.6 is 11.3 Å². The number of hydrogen-bond acceptors (Lipinski definition) is 4. The van der Waals surface area contributed by atoms with Crippen LogP contribution in [-0.4, -0.2) is 37.2 Å². The van der Waals surface area contributed by atoms with Gasteiger partial charge in [-0.2, -0.15) is 0 Å². The van der Waals surface area contributed by atoms with E-state index in [-0.39, 0.29) is 6.04 Å². The van der Waals surface area contributed by atoms with Crippen molar-refractivity contribution in [2.24, 2.45) is 5.73 Å². The van der Waals surface area contributed by atoms with Gasteiger partial charge in [-0.1, -0.05) is 6.07 Å². The van der Waals surface area contributed by atoms with Gasteiger partial charge in [-0.15, -0.1) is 11.3 Å². The summed E-state index contributed by atoms with van der Waals surface area (Å²) in [7, 11) is 0. The van der Waals surface area contributed by atoms with Crippen molar-refractivity contribution in [2.45, 2.75) is 25.5 Å². The predicted octanol–water partition coefficient (Wildman–Crippen LogP) is 1.86. The third-order valence-corrected chi connectivity index (χ3v) is 3.90. The molecule has 1 saturated heterocycles. The maximum Gasteiger partial charge on any atom is 0.0673 e. The summed E-state index contributed by atoms with van der Waals surface area (Å²) in [5.41, 5.74) is 6.19. The van der Waals surface area contributed by atoms with Gasteiger partial charge in [-0.05, 0) is 24.8 Å². The third-order valence-electron chi connectivity index (χ3n) is 2.90. The van der Waals surface area contributed by atoms with Crippen LogP contribution in [0.2, 0.25) is 0 Å². The third kappa shape index (κ3) is 3.28. The molecular formula is C12H20N2OS. The molecule has 1 fully saturated rings. The Morgan fingerprint density at radius 2 is 2.56 bits per heavy atom. The summed E-state index contributed by atoms with van der Waals surface area (Å²) in [5.74, 6) is 0. The summed E-state index contributed by atoms with van der Waals surface area (Å²) >= 11 is 1.74. The molecular weight excluding hydrogens is 220 g/mol. The SMILES string of the molecule is CC1CN(CC(N)c2cccs2)CCCO1. The van der Waals surface area contributed by atoms with E-state index in [1.165, 1.54) is 4.88 Å². The average molecular weight is 240 g/mol. The van der Waals surface area contributed by atoms with E-state index in [1.807, 2.05) is 0 Å². The maximum atomic E-state index is 6.19. The minimum absolute atomic E-state index is 0.144. The fourth-order valence-electron chi connectivity index (χ4n) is 2.12. The van der Waals surface area contributed by atoms with Gasteiger partial charge >= 0.3 is 0 Å². The first-order chi connectivity index (χ1) is 7.75. The fourth-order valence-corrected chi connectivity index (χ4v) is 2.84. The van der Waals surface area contributed by atoms with Crippen molar-refractivity contribution in [3.63, 3.8) is 0 Å². The van der Waals surface area contributed by atoms with E-state index in [2.05, 4.69) is 29.3 Å². The van der Waals surface area contributed by atoms with E-state index < -0.39 is 0 Å². The molecule has 2 rings (SSSR count). The lowest BCUT2D eigenvalue weighted by atomic mass is 10.2. The highest BCUT2D eigenvalue weighted by molar-refractivity contribution is 7.10. The minimum Gasteiger partial charge on any atom is -0.377 e. The topological polar surface area (TPSA) is 38.5 Å². The van der Waals surface area contributed by atoms with Crippen LogP contribution in [0.4, 0.5) is 0 Å². The van der Waals surface area contributed by atoms with Crippen LogP contribution in [0.3, 0.4) is 0 Å². The Balaban J connectivity index is 1.88. The summed E-state index contributed by atoms with van der Waals surface area (Å²) in [4.78, 5) is 3.69. The number of ether oxygens (including phenoxy) is 1. The molecule has 0 aromatic carbocycles. The van der Waals surface area contributed by atoms with E-state index in [9.17, 15) is 0 Å². The number of thiophene rings is 1. The van der Waals surface area contributed by atoms with Crippen LogP contribution in [0.15, 0.2) is 17.5 Å². The lowest BCUT2D eigenvalue weighted by Gasteiger charge is -2.24. The largest absolute Gasteiger partial charge is 0.377 e. The maximum absolute atomic E-state index is 6.19. The molecule has 2 N–H and O–H groups in total. The Kier molecular flexibility index (Phi) is 4.35. The molecule has 2 heterocycles. The Bertz CT molecular complexity index is 302. The van der Waals surface area contributed by atoms with Crippen molar-refractivity contribution in [2.75, 3.05) is 26.2 Å². The summed E-state index contributed by atoms with van der Waals surface area (Å²) in [6.45, 7) is 6.05. The molecule has 0 spiro atoms. The van der Waals surface area contributed by atoms with Gasteiger partial charge in [0.05, 0.1) is 12.1 Å². The fraction of sp³-hybridized carbons (Fsp3) is 0.667. The molecule has 1 aromatic heterocycles. The number of nitrogens with zero attached hydrogens (tertiary/aromatic N) is 1. The molecule has 4 heteroatoms. The Morgan fingerprint density at radius 3 is 3.31 bits per heavy atom. The van der Waals surface area contributed by atoms with E-state index in [0.717, 1.165) is 32.7 Å². The first-order valence-corrected chi connectivity index (χ1v) is 6.76. The second kappa shape index (κ2) is 5.77. The Hall–Kier alpha value is -0.420. The molecule has 2 atom stereocenters. The van der Waals surface area contributed by atoms with Gasteiger partial charge in [0, 0.05) is 31.1 Å². The molecule has 0 saturated carbocycles. The monoisotopic (exact) mass is 240 g/mol. The molecule has 90 valence electrons. The quantitative estimate of drug-likeness (QED) is 0.876. The van der Waals surface area contributed by atoms with E-state index in [4.69, 9.17) is 10.5 Å². The Labute approximate surface area is 101 Å². The average Bonchev–Trinajstić information content (AvgIpc) is 2.70. The van der Waals surface area contributed by atoms with Crippen molar-refractivity contribution in [1.82, 2.24) is 4.90 Å². The smallest absolute Gasteiger partial charge is 0.0673 e. The zero-order valence-corrected chi connectivity index (χ0v) is 10.6. The highest BCUT2D eigenvalue weighted by atomic mass is 32.1. The van der Waals surface area contributed by atoms with E-state index in [0.29, 0.717) is 6.10 Å². The van der Waals surface area contributed by atoms with Crippen LogP contribution in [0, 0.1) is 0 Å². The van der Waals surface area contributed by atoms with Crippen molar-refractivity contribution < 1.29 is 4.74 Å². The first kappa shape index (κ1) is 12.0. The molecule has 1 aromatic rings. The van der Waals surface area contributed by atoms with Crippen LogP contribution in [0.25, 0.3) is 0 Å². The molecule has 1 aliphatic rings. The van der Waals surface area contributed by atoms with Gasteiger partial charge in [0.1, 0.15) is 0 Å². The van der Waals surface area contributed by atoms with Crippen LogP contribution in [0.5, 0.6) is 0 Å². The van der Waals surface area contributed by atoms with Crippen molar-refractivity contribution in [1.29, 1.82) is 0 Å². The number of hydrogen-bond donors (Lipinski definition) is 1. The second-order valence-corrected chi connectivity index (χ2v) is 5.40. The molecule has 0 aliphatic carbocycles. The highest BCUT2D eigenvalue weighted by Gasteiger charge is 2.18. The van der Waals surface area contributed by atoms with Crippen molar-refractivity contribution in [3.8, 4) is 0 Å². The molecule has 3 nitrogen and oxygen atoms in total. The van der Waals surface area contributed by atoms with E-state index >= 15 is 0 Å². The van der Waals surface area contributed by atoms with Gasteiger partial charge in [0.15, 0.2) is 0 Å². The zero-order chi connectivity index (χ0) is 11.4. The Morgan fingerprint density at radius 1 is 1.69 bits per heavy atom. The standard InChI is InChI=1S/C12H20N2OS/c1-10-8-14(5-3-6-15-10)9-11(13)12-4-2-7-16-12/h2,4,7,10-11H,3,5-6,8-9,13H2,1H3. The molecule has 1 aliphatic heterocycles. The van der Waals surface area contributed by atoms with Crippen LogP contribution in [0.1, 0.15) is 24.3 Å². The zero-order valence-electron chi connectivity index (χ0n) is 9.76. The van der Waals surface area contributed by atoms with Crippen molar-refractivity contribution in [3.05, 3.63) is 22.4 Å². The predicted molar refractivity (Wildman–Crippen MR) is 67.7 cm³/mol. The van der Waals surface area contributed by atoms with Crippen molar-refractivity contribution >= 4 is 11.3 Å². The first-order valence-electron chi connectivity index (χ1n) is 5.88. The van der Waals surface area contributed by atoms with Gasteiger partial charge in [0.2, 0.25) is 0 Å². The van der Waals surface area contributed by atoms with Crippen LogP contribution in [-0.2, 0) is 4.74 Å². The normalized spacial score (nSPS) is 25.2. The minimum atomic E-state index is 0.144.